The van der Waals surface area contributed by atoms with Crippen LogP contribution in [0.25, 0.3) is 11.4 Å². The smallest absolute Gasteiger partial charge is 0.233 e. The average Bonchev–Trinajstić information content (AvgIpc) is 3.24. The quantitative estimate of drug-likeness (QED) is 0.797. The lowest BCUT2D eigenvalue weighted by atomic mass is 9.73. The van der Waals surface area contributed by atoms with E-state index in [1.807, 2.05) is 6.20 Å². The van der Waals surface area contributed by atoms with Gasteiger partial charge in [-0.3, -0.25) is 4.68 Å². The molecule has 0 saturated heterocycles. The zero-order valence-electron chi connectivity index (χ0n) is 13.6. The summed E-state index contributed by atoms with van der Waals surface area (Å²) in [5, 5.41) is 17.3. The fourth-order valence-electron chi connectivity index (χ4n) is 3.37. The Kier molecular flexibility index (Phi) is 3.69. The normalized spacial score (nSPS) is 20.1. The Labute approximate surface area is 140 Å². The number of hydrogen-bond acceptors (Lipinski definition) is 5. The van der Waals surface area contributed by atoms with Crippen molar-refractivity contribution in [2.24, 2.45) is 0 Å². The Morgan fingerprint density at radius 2 is 2.12 bits per heavy atom. The zero-order chi connectivity index (χ0) is 16.6. The van der Waals surface area contributed by atoms with Crippen LogP contribution in [-0.2, 0) is 24.8 Å². The molecule has 0 spiro atoms. The van der Waals surface area contributed by atoms with Crippen LogP contribution in [0.2, 0.25) is 0 Å². The lowest BCUT2D eigenvalue weighted by Gasteiger charge is -2.31. The van der Waals surface area contributed by atoms with Crippen LogP contribution in [0.5, 0.6) is 0 Å². The summed E-state index contributed by atoms with van der Waals surface area (Å²) in [4.78, 5) is 4.63. The van der Waals surface area contributed by atoms with E-state index in [-0.39, 0.29) is 12.0 Å². The van der Waals surface area contributed by atoms with Gasteiger partial charge >= 0.3 is 0 Å². The Hall–Kier alpha value is -2.47. The predicted octanol–water partition coefficient (Wildman–Crippen LogP) is 2.37. The summed E-state index contributed by atoms with van der Waals surface area (Å²) in [5.41, 5.74) is 3.45. The van der Waals surface area contributed by atoms with Crippen molar-refractivity contribution >= 4 is 0 Å². The Balaban J connectivity index is 1.60. The van der Waals surface area contributed by atoms with Crippen LogP contribution in [-0.4, -0.2) is 31.6 Å². The van der Waals surface area contributed by atoms with E-state index < -0.39 is 0 Å². The zero-order valence-corrected chi connectivity index (χ0v) is 13.6. The van der Waals surface area contributed by atoms with Gasteiger partial charge < -0.3 is 9.63 Å². The van der Waals surface area contributed by atoms with Crippen LogP contribution in [0.1, 0.15) is 30.4 Å². The Morgan fingerprint density at radius 3 is 2.96 bits per heavy atom. The highest BCUT2D eigenvalue weighted by Gasteiger charge is 2.36. The topological polar surface area (TPSA) is 77.0 Å². The summed E-state index contributed by atoms with van der Waals surface area (Å²) < 4.78 is 7.27. The van der Waals surface area contributed by atoms with Crippen molar-refractivity contribution in [1.29, 1.82) is 0 Å². The van der Waals surface area contributed by atoms with Crippen LogP contribution in [0, 0.1) is 0 Å². The van der Waals surface area contributed by atoms with Gasteiger partial charge in [0.1, 0.15) is 0 Å². The second-order valence-electron chi connectivity index (χ2n) is 6.64. The average molecular weight is 324 g/mol. The van der Waals surface area contributed by atoms with Gasteiger partial charge in [0.2, 0.25) is 11.7 Å². The van der Waals surface area contributed by atoms with Gasteiger partial charge in [-0.1, -0.05) is 36.3 Å². The van der Waals surface area contributed by atoms with E-state index >= 15 is 0 Å². The van der Waals surface area contributed by atoms with E-state index in [9.17, 15) is 0 Å². The minimum Gasteiger partial charge on any atom is -0.394 e. The van der Waals surface area contributed by atoms with Gasteiger partial charge in [0, 0.05) is 6.20 Å². The van der Waals surface area contributed by atoms with Gasteiger partial charge in [0.15, 0.2) is 0 Å². The molecule has 0 bridgehead atoms. The minimum atomic E-state index is -0.138. The van der Waals surface area contributed by atoms with Crippen LogP contribution in [0.15, 0.2) is 41.2 Å². The van der Waals surface area contributed by atoms with Crippen molar-refractivity contribution in [3.8, 4) is 11.4 Å². The summed E-state index contributed by atoms with van der Waals surface area (Å²) in [6.45, 7) is 2.70. The molecule has 4 rings (SSSR count). The van der Waals surface area contributed by atoms with Crippen molar-refractivity contribution in [2.75, 3.05) is 6.61 Å². The number of aryl methyl sites for hydroxylation is 1. The highest BCUT2D eigenvalue weighted by molar-refractivity contribution is 5.51. The molecule has 0 amide bonds. The van der Waals surface area contributed by atoms with Crippen LogP contribution in [0.4, 0.5) is 0 Å². The summed E-state index contributed by atoms with van der Waals surface area (Å²) >= 11 is 0. The van der Waals surface area contributed by atoms with Crippen molar-refractivity contribution < 1.29 is 9.63 Å². The number of aliphatic hydroxyl groups is 1. The molecule has 2 aromatic heterocycles. The third-order valence-corrected chi connectivity index (χ3v) is 4.81. The van der Waals surface area contributed by atoms with Crippen LogP contribution < -0.4 is 0 Å². The number of hydrogen-bond donors (Lipinski definition) is 1. The largest absolute Gasteiger partial charge is 0.394 e. The molecule has 0 radical (unpaired) electrons. The first kappa shape index (κ1) is 15.1. The lowest BCUT2D eigenvalue weighted by Crippen LogP contribution is -2.30. The van der Waals surface area contributed by atoms with Crippen molar-refractivity contribution in [3.63, 3.8) is 0 Å². The molecule has 6 nitrogen and oxygen atoms in total. The fourth-order valence-corrected chi connectivity index (χ4v) is 3.37. The second-order valence-corrected chi connectivity index (χ2v) is 6.64. The highest BCUT2D eigenvalue weighted by Crippen LogP contribution is 2.37. The first-order chi connectivity index (χ1) is 11.7. The summed E-state index contributed by atoms with van der Waals surface area (Å²) in [7, 11) is 0. The van der Waals surface area contributed by atoms with Gasteiger partial charge in [-0.05, 0) is 30.4 Å². The summed E-state index contributed by atoms with van der Waals surface area (Å²) in [6.07, 6.45) is 6.45. The monoisotopic (exact) mass is 324 g/mol. The molecule has 0 aliphatic heterocycles. The van der Waals surface area contributed by atoms with E-state index in [4.69, 9.17) is 9.63 Å². The maximum Gasteiger partial charge on any atom is 0.233 e. The molecule has 1 aromatic carbocycles. The summed E-state index contributed by atoms with van der Waals surface area (Å²) in [5.74, 6) is 1.23. The van der Waals surface area contributed by atoms with E-state index in [2.05, 4.69) is 46.4 Å². The van der Waals surface area contributed by atoms with Gasteiger partial charge in [-0.2, -0.15) is 10.1 Å². The first-order valence-electron chi connectivity index (χ1n) is 8.23. The van der Waals surface area contributed by atoms with E-state index in [0.717, 1.165) is 24.8 Å². The molecule has 0 fully saturated rings. The molecule has 24 heavy (non-hydrogen) atoms. The first-order valence-corrected chi connectivity index (χ1v) is 8.23. The third kappa shape index (κ3) is 2.63. The molecule has 1 atom stereocenters. The molecule has 6 heteroatoms. The molecule has 1 aliphatic rings. The molecule has 1 N–H and O–H groups in total. The molecule has 1 unspecified atom stereocenters. The van der Waals surface area contributed by atoms with E-state index in [0.29, 0.717) is 18.3 Å². The predicted molar refractivity (Wildman–Crippen MR) is 88.4 cm³/mol. The van der Waals surface area contributed by atoms with Crippen molar-refractivity contribution in [2.45, 2.75) is 38.1 Å². The number of rotatable bonds is 4. The molecule has 0 saturated carbocycles. The standard InChI is InChI=1S/C18H20N4O2/c1-18(7-6-13-4-2-3-5-14(13)10-18)17-20-16(21-24-17)15-11-19-22(12-15)8-9-23/h2-5,11-12,23H,6-10H2,1H3. The number of fused-ring (bicyclic) bond motifs is 1. The number of benzene rings is 1. The van der Waals surface area contributed by atoms with Crippen molar-refractivity contribution in [3.05, 3.63) is 53.7 Å². The highest BCUT2D eigenvalue weighted by atomic mass is 16.5. The SMILES string of the molecule is CC1(c2nc(-c3cnn(CCO)c3)no2)CCc2ccccc2C1. The number of aromatic nitrogens is 4. The minimum absolute atomic E-state index is 0.0517. The number of aliphatic hydroxyl groups excluding tert-OH is 1. The van der Waals surface area contributed by atoms with E-state index in [1.165, 1.54) is 11.1 Å². The second kappa shape index (κ2) is 5.87. The Morgan fingerprint density at radius 1 is 1.29 bits per heavy atom. The maximum absolute atomic E-state index is 8.98. The summed E-state index contributed by atoms with van der Waals surface area (Å²) in [6, 6.07) is 8.56. The van der Waals surface area contributed by atoms with Gasteiger partial charge in [0.05, 0.1) is 30.3 Å². The molecule has 2 heterocycles. The molecule has 124 valence electrons. The lowest BCUT2D eigenvalue weighted by molar-refractivity contribution is 0.269. The maximum atomic E-state index is 8.98. The molecular weight excluding hydrogens is 304 g/mol. The number of nitrogens with zero attached hydrogens (tertiary/aromatic N) is 4. The Bertz CT molecular complexity index is 854. The van der Waals surface area contributed by atoms with Gasteiger partial charge in [-0.25, -0.2) is 0 Å². The molecule has 3 aromatic rings. The third-order valence-electron chi connectivity index (χ3n) is 4.81. The molecule has 1 aliphatic carbocycles. The van der Waals surface area contributed by atoms with Gasteiger partial charge in [-0.15, -0.1) is 0 Å². The van der Waals surface area contributed by atoms with Gasteiger partial charge in [0.25, 0.3) is 0 Å². The van der Waals surface area contributed by atoms with Crippen molar-refractivity contribution in [1.82, 2.24) is 19.9 Å². The van der Waals surface area contributed by atoms with E-state index in [1.54, 1.807) is 10.9 Å². The van der Waals surface area contributed by atoms with Crippen LogP contribution in [0.3, 0.4) is 0 Å². The molecular formula is C18H20N4O2. The van der Waals surface area contributed by atoms with Crippen LogP contribution >= 0.6 is 0 Å². The fraction of sp³-hybridized carbons (Fsp3) is 0.389.